The van der Waals surface area contributed by atoms with Crippen molar-refractivity contribution >= 4 is 26.0 Å². The summed E-state index contributed by atoms with van der Waals surface area (Å²) >= 11 is 3.16. The van der Waals surface area contributed by atoms with Crippen LogP contribution in [0.5, 0.6) is 0 Å². The van der Waals surface area contributed by atoms with Crippen LogP contribution in [0.3, 0.4) is 0 Å². The van der Waals surface area contributed by atoms with E-state index in [2.05, 4.69) is 26.0 Å². The first-order valence-corrected chi connectivity index (χ1v) is 8.86. The van der Waals surface area contributed by atoms with Crippen molar-refractivity contribution < 1.29 is 17.3 Å². The van der Waals surface area contributed by atoms with Gasteiger partial charge < -0.3 is 14.2 Å². The summed E-state index contributed by atoms with van der Waals surface area (Å²) in [5, 5.41) is 3.27. The molecule has 3 rings (SSSR count). The van der Waals surface area contributed by atoms with Gasteiger partial charge in [-0.05, 0) is 40.9 Å². The second kappa shape index (κ2) is 5.96. The fraction of sp³-hybridized carbons (Fsp3) is 0.385. The molecule has 0 unspecified atom stereocenters. The second-order valence-corrected chi connectivity index (χ2v) is 7.37. The van der Waals surface area contributed by atoms with E-state index in [9.17, 15) is 8.42 Å². The van der Waals surface area contributed by atoms with Gasteiger partial charge in [-0.3, -0.25) is 0 Å². The summed E-state index contributed by atoms with van der Waals surface area (Å²) in [5.74, 6) is 1.14. The van der Waals surface area contributed by atoms with Gasteiger partial charge in [-0.1, -0.05) is 0 Å². The number of furan rings is 2. The van der Waals surface area contributed by atoms with E-state index in [1.54, 1.807) is 12.1 Å². The van der Waals surface area contributed by atoms with Gasteiger partial charge in [0.15, 0.2) is 4.67 Å². The SMILES string of the molecule is O=S(=O)(NCc1ccco1)c1cc(CNC2CC2)oc1Br. The summed E-state index contributed by atoms with van der Waals surface area (Å²) in [6.45, 7) is 0.625. The fourth-order valence-corrected chi connectivity index (χ4v) is 3.85. The van der Waals surface area contributed by atoms with Gasteiger partial charge in [-0.15, -0.1) is 0 Å². The third-order valence-corrected chi connectivity index (χ3v) is 5.41. The van der Waals surface area contributed by atoms with Gasteiger partial charge in [-0.25, -0.2) is 13.1 Å². The van der Waals surface area contributed by atoms with Crippen LogP contribution in [-0.2, 0) is 23.1 Å². The van der Waals surface area contributed by atoms with Gasteiger partial charge in [0.05, 0.1) is 19.4 Å². The maximum Gasteiger partial charge on any atom is 0.245 e. The molecule has 0 aliphatic heterocycles. The molecule has 1 fully saturated rings. The maximum absolute atomic E-state index is 12.2. The minimum atomic E-state index is -3.65. The Hall–Kier alpha value is -1.09. The Morgan fingerprint density at radius 1 is 1.29 bits per heavy atom. The molecule has 0 bridgehead atoms. The Morgan fingerprint density at radius 2 is 2.10 bits per heavy atom. The van der Waals surface area contributed by atoms with Gasteiger partial charge in [0.1, 0.15) is 16.4 Å². The molecule has 2 aromatic heterocycles. The molecular formula is C13H15BrN2O4S. The number of hydrogen-bond donors (Lipinski definition) is 2. The van der Waals surface area contributed by atoms with E-state index in [0.29, 0.717) is 24.1 Å². The number of rotatable bonds is 7. The molecule has 2 N–H and O–H groups in total. The van der Waals surface area contributed by atoms with E-state index in [1.165, 1.54) is 12.3 Å². The van der Waals surface area contributed by atoms with Crippen molar-refractivity contribution in [2.24, 2.45) is 0 Å². The molecular weight excluding hydrogens is 360 g/mol. The highest BCUT2D eigenvalue weighted by Crippen LogP contribution is 2.27. The molecule has 1 aliphatic rings. The first-order valence-electron chi connectivity index (χ1n) is 6.58. The van der Waals surface area contributed by atoms with Crippen LogP contribution in [0.25, 0.3) is 0 Å². The summed E-state index contributed by atoms with van der Waals surface area (Å²) in [5.41, 5.74) is 0. The number of sulfonamides is 1. The van der Waals surface area contributed by atoms with Crippen molar-refractivity contribution in [1.29, 1.82) is 0 Å². The second-order valence-electron chi connectivity index (χ2n) is 4.91. The van der Waals surface area contributed by atoms with Gasteiger partial charge in [0, 0.05) is 12.1 Å². The van der Waals surface area contributed by atoms with E-state index in [0.717, 1.165) is 12.8 Å². The number of hydrogen-bond acceptors (Lipinski definition) is 5. The van der Waals surface area contributed by atoms with E-state index >= 15 is 0 Å². The topological polar surface area (TPSA) is 84.5 Å². The molecule has 2 aromatic rings. The van der Waals surface area contributed by atoms with Crippen LogP contribution < -0.4 is 10.0 Å². The van der Waals surface area contributed by atoms with E-state index in [-0.39, 0.29) is 16.1 Å². The minimum Gasteiger partial charge on any atom is -0.468 e. The van der Waals surface area contributed by atoms with Crippen LogP contribution in [0, 0.1) is 0 Å². The molecule has 0 saturated heterocycles. The highest BCUT2D eigenvalue weighted by molar-refractivity contribution is 9.10. The molecule has 0 atom stereocenters. The summed E-state index contributed by atoms with van der Waals surface area (Å²) in [6, 6.07) is 5.48. The Labute approximate surface area is 131 Å². The summed E-state index contributed by atoms with van der Waals surface area (Å²) in [4.78, 5) is 0.0988. The molecule has 8 heteroatoms. The molecule has 0 radical (unpaired) electrons. The Morgan fingerprint density at radius 3 is 2.76 bits per heavy atom. The Balaban J connectivity index is 1.68. The van der Waals surface area contributed by atoms with Gasteiger partial charge >= 0.3 is 0 Å². The Kier molecular flexibility index (Phi) is 4.21. The minimum absolute atomic E-state index is 0.0988. The molecule has 6 nitrogen and oxygen atoms in total. The largest absolute Gasteiger partial charge is 0.468 e. The van der Waals surface area contributed by atoms with Crippen LogP contribution in [0.15, 0.2) is 42.9 Å². The van der Waals surface area contributed by atoms with Gasteiger partial charge in [-0.2, -0.15) is 0 Å². The predicted octanol–water partition coefficient (Wildman–Crippen LogP) is 2.37. The summed E-state index contributed by atoms with van der Waals surface area (Å²) in [6.07, 6.45) is 3.83. The van der Waals surface area contributed by atoms with E-state index in [1.807, 2.05) is 0 Å². The van der Waals surface area contributed by atoms with E-state index < -0.39 is 10.0 Å². The van der Waals surface area contributed by atoms with Gasteiger partial charge in [0.25, 0.3) is 0 Å². The first kappa shape index (κ1) is 14.8. The third-order valence-electron chi connectivity index (χ3n) is 3.15. The zero-order valence-corrected chi connectivity index (χ0v) is 13.5. The van der Waals surface area contributed by atoms with Crippen LogP contribution in [0.4, 0.5) is 0 Å². The standard InChI is InChI=1S/C13H15BrN2O4S/c14-13-12(6-11(20-13)7-15-9-3-4-9)21(17,18)16-8-10-2-1-5-19-10/h1-2,5-6,9,15-16H,3-4,7-8H2. The molecule has 0 aromatic carbocycles. The Bertz CT molecular complexity index is 705. The lowest BCUT2D eigenvalue weighted by atomic mass is 10.4. The third kappa shape index (κ3) is 3.76. The average molecular weight is 375 g/mol. The lowest BCUT2D eigenvalue weighted by molar-refractivity contribution is 0.459. The smallest absolute Gasteiger partial charge is 0.245 e. The van der Waals surface area contributed by atoms with Crippen molar-refractivity contribution in [3.8, 4) is 0 Å². The first-order chi connectivity index (χ1) is 10.0. The average Bonchev–Trinajstić information content (AvgIpc) is 2.97. The molecule has 21 heavy (non-hydrogen) atoms. The lowest BCUT2D eigenvalue weighted by Gasteiger charge is -2.02. The predicted molar refractivity (Wildman–Crippen MR) is 79.0 cm³/mol. The van der Waals surface area contributed by atoms with Crippen molar-refractivity contribution in [2.75, 3.05) is 0 Å². The molecule has 1 saturated carbocycles. The molecule has 0 amide bonds. The van der Waals surface area contributed by atoms with Gasteiger partial charge in [0.2, 0.25) is 10.0 Å². The van der Waals surface area contributed by atoms with Crippen molar-refractivity contribution in [2.45, 2.75) is 36.9 Å². The summed E-state index contributed by atoms with van der Waals surface area (Å²) < 4.78 is 37.7. The molecule has 2 heterocycles. The molecule has 0 spiro atoms. The number of halogens is 1. The van der Waals surface area contributed by atoms with Crippen molar-refractivity contribution in [3.63, 3.8) is 0 Å². The molecule has 1 aliphatic carbocycles. The zero-order chi connectivity index (χ0) is 14.9. The van der Waals surface area contributed by atoms with E-state index in [4.69, 9.17) is 8.83 Å². The molecule has 114 valence electrons. The highest BCUT2D eigenvalue weighted by Gasteiger charge is 2.24. The quantitative estimate of drug-likeness (QED) is 0.776. The van der Waals surface area contributed by atoms with Crippen LogP contribution in [-0.4, -0.2) is 14.5 Å². The summed E-state index contributed by atoms with van der Waals surface area (Å²) in [7, 11) is -3.65. The zero-order valence-electron chi connectivity index (χ0n) is 11.1. The monoisotopic (exact) mass is 374 g/mol. The van der Waals surface area contributed by atoms with Crippen LogP contribution >= 0.6 is 15.9 Å². The van der Waals surface area contributed by atoms with Crippen LogP contribution in [0.1, 0.15) is 24.4 Å². The maximum atomic E-state index is 12.2. The number of nitrogens with one attached hydrogen (secondary N) is 2. The van der Waals surface area contributed by atoms with Crippen molar-refractivity contribution in [3.05, 3.63) is 40.7 Å². The normalized spacial score (nSPS) is 15.5. The van der Waals surface area contributed by atoms with Crippen molar-refractivity contribution in [1.82, 2.24) is 10.0 Å². The van der Waals surface area contributed by atoms with Crippen LogP contribution in [0.2, 0.25) is 0 Å². The highest BCUT2D eigenvalue weighted by atomic mass is 79.9. The lowest BCUT2D eigenvalue weighted by Crippen LogP contribution is -2.23. The fourth-order valence-electron chi connectivity index (χ4n) is 1.86.